The Bertz CT molecular complexity index is 33.9. The van der Waals surface area contributed by atoms with E-state index in [9.17, 15) is 0 Å². The van der Waals surface area contributed by atoms with Crippen LogP contribution in [0.5, 0.6) is 0 Å². The largest absolute Gasteiger partial charge is 0.371 e. The smallest absolute Gasteiger partial charge is 0.0976 e. The van der Waals surface area contributed by atoms with Crippen LogP contribution in [0.1, 0.15) is 0 Å². The Morgan fingerprint density at radius 2 is 2.60 bits per heavy atom. The minimum absolute atomic E-state index is 0.287. The average Bonchev–Trinajstić information content (AvgIpc) is 2.12. The molecule has 0 bridgehead atoms. The zero-order valence-electron chi connectivity index (χ0n) is 2.85. The highest BCUT2D eigenvalue weighted by atomic mass is 16.6. The molecule has 1 aliphatic heterocycles. The minimum atomic E-state index is 0.287. The van der Waals surface area contributed by atoms with Crippen molar-refractivity contribution < 1.29 is 4.74 Å². The maximum absolute atomic E-state index is 4.98. The van der Waals surface area contributed by atoms with Gasteiger partial charge in [-0.15, -0.1) is 0 Å². The molecule has 0 aromatic rings. The van der Waals surface area contributed by atoms with Gasteiger partial charge in [-0.3, -0.25) is 0 Å². The monoisotopic (exact) mass is 72.0 g/mol. The first-order valence-corrected chi connectivity index (χ1v) is 1.60. The van der Waals surface area contributed by atoms with Crippen molar-refractivity contribution in [3.63, 3.8) is 0 Å². The van der Waals surface area contributed by atoms with Gasteiger partial charge in [-0.05, 0) is 0 Å². The molecule has 1 atom stereocenters. The van der Waals surface area contributed by atoms with E-state index in [1.165, 1.54) is 0 Å². The average molecular weight is 72.1 g/mol. The summed E-state index contributed by atoms with van der Waals surface area (Å²) in [7, 11) is 0. The molecule has 1 aliphatic rings. The maximum atomic E-state index is 4.98. The number of epoxide rings is 1. The summed E-state index contributed by atoms with van der Waals surface area (Å²) < 4.78 is 4.68. The van der Waals surface area contributed by atoms with Crippen LogP contribution in [0.4, 0.5) is 0 Å². The van der Waals surface area contributed by atoms with Crippen molar-refractivity contribution in [3.05, 3.63) is 6.54 Å². The molecule has 2 N–H and O–H groups in total. The second-order valence-electron chi connectivity index (χ2n) is 1.06. The molecular weight excluding hydrogens is 66.0 g/mol. The second kappa shape index (κ2) is 0.954. The van der Waals surface area contributed by atoms with Gasteiger partial charge in [0.1, 0.15) is 0 Å². The summed E-state index contributed by atoms with van der Waals surface area (Å²) in [6, 6.07) is 0. The highest BCUT2D eigenvalue weighted by Crippen LogP contribution is 2.07. The van der Waals surface area contributed by atoms with Gasteiger partial charge < -0.3 is 10.5 Å². The predicted octanol–water partition coefficient (Wildman–Crippen LogP) is -0.494. The Balaban J connectivity index is 2.00. The Labute approximate surface area is 30.9 Å². The highest BCUT2D eigenvalue weighted by Gasteiger charge is 2.19. The van der Waals surface area contributed by atoms with Gasteiger partial charge in [0.25, 0.3) is 0 Å². The molecule has 1 unspecified atom stereocenters. The van der Waals surface area contributed by atoms with Gasteiger partial charge in [0.2, 0.25) is 0 Å². The van der Waals surface area contributed by atoms with Gasteiger partial charge in [0.05, 0.1) is 19.3 Å². The van der Waals surface area contributed by atoms with Crippen LogP contribution in [0, 0.1) is 6.54 Å². The fourth-order valence-corrected chi connectivity index (χ4v) is 0.167. The number of hydrogen-bond acceptors (Lipinski definition) is 2. The van der Waals surface area contributed by atoms with Crippen molar-refractivity contribution in [2.24, 2.45) is 5.73 Å². The second-order valence-corrected chi connectivity index (χ2v) is 1.06. The zero-order chi connectivity index (χ0) is 3.70. The van der Waals surface area contributed by atoms with Crippen LogP contribution in [-0.2, 0) is 4.74 Å². The van der Waals surface area contributed by atoms with Crippen LogP contribution in [0.2, 0.25) is 0 Å². The van der Waals surface area contributed by atoms with Gasteiger partial charge in [-0.25, -0.2) is 0 Å². The lowest BCUT2D eigenvalue weighted by atomic mass is 10.5. The first-order chi connectivity index (χ1) is 2.43. The van der Waals surface area contributed by atoms with Crippen molar-refractivity contribution in [1.29, 1.82) is 0 Å². The molecule has 0 saturated carbocycles. The molecule has 1 saturated heterocycles. The Morgan fingerprint density at radius 3 is 2.60 bits per heavy atom. The molecule has 2 heteroatoms. The van der Waals surface area contributed by atoms with Crippen molar-refractivity contribution in [2.75, 3.05) is 6.61 Å². The molecule has 5 heavy (non-hydrogen) atoms. The fourth-order valence-electron chi connectivity index (χ4n) is 0.167. The van der Waals surface area contributed by atoms with Crippen molar-refractivity contribution in [1.82, 2.24) is 0 Å². The van der Waals surface area contributed by atoms with E-state index in [0.717, 1.165) is 6.61 Å². The molecule has 1 rings (SSSR count). The summed E-state index contributed by atoms with van der Waals surface area (Å²) in [6.45, 7) is 2.39. The molecule has 1 fully saturated rings. The molecule has 0 aromatic carbocycles. The van der Waals surface area contributed by atoms with E-state index in [0.29, 0.717) is 0 Å². The lowest BCUT2D eigenvalue weighted by molar-refractivity contribution is 0.428. The molecule has 1 radical (unpaired) electrons. The molecule has 1 heterocycles. The number of nitrogens with two attached hydrogens (primary N) is 1. The van der Waals surface area contributed by atoms with Crippen LogP contribution in [0.15, 0.2) is 0 Å². The van der Waals surface area contributed by atoms with Crippen LogP contribution in [0.25, 0.3) is 0 Å². The van der Waals surface area contributed by atoms with Crippen LogP contribution in [0.3, 0.4) is 0 Å². The molecule has 2 nitrogen and oxygen atoms in total. The standard InChI is InChI=1S/C3H6NO/c4-1-3-2-5-3/h1,3H,2,4H2. The van der Waals surface area contributed by atoms with Crippen LogP contribution >= 0.6 is 0 Å². The maximum Gasteiger partial charge on any atom is 0.0976 e. The van der Waals surface area contributed by atoms with Crippen molar-refractivity contribution in [2.45, 2.75) is 6.10 Å². The van der Waals surface area contributed by atoms with Crippen molar-refractivity contribution >= 4 is 0 Å². The third-order valence-electron chi connectivity index (χ3n) is 0.574. The van der Waals surface area contributed by atoms with E-state index in [1.54, 1.807) is 6.54 Å². The normalized spacial score (nSPS) is 34.2. The molecule has 0 aliphatic carbocycles. The van der Waals surface area contributed by atoms with E-state index in [1.807, 2.05) is 0 Å². The third kappa shape index (κ3) is 0.597. The van der Waals surface area contributed by atoms with Gasteiger partial charge in [0, 0.05) is 0 Å². The lowest BCUT2D eigenvalue weighted by Gasteiger charge is -1.70. The zero-order valence-corrected chi connectivity index (χ0v) is 2.85. The SMILES string of the molecule is N[CH]C1CO1. The van der Waals surface area contributed by atoms with E-state index in [2.05, 4.69) is 4.74 Å². The molecule has 0 spiro atoms. The predicted molar refractivity (Wildman–Crippen MR) is 18.2 cm³/mol. The Hall–Kier alpha value is -0.0800. The topological polar surface area (TPSA) is 38.5 Å². The summed E-state index contributed by atoms with van der Waals surface area (Å²) in [6.07, 6.45) is 0.287. The van der Waals surface area contributed by atoms with Gasteiger partial charge in [0.15, 0.2) is 0 Å². The quantitative estimate of drug-likeness (QED) is 0.424. The summed E-state index contributed by atoms with van der Waals surface area (Å²) in [4.78, 5) is 0. The highest BCUT2D eigenvalue weighted by molar-refractivity contribution is 4.79. The van der Waals surface area contributed by atoms with E-state index in [-0.39, 0.29) is 6.10 Å². The van der Waals surface area contributed by atoms with Crippen LogP contribution in [-0.4, -0.2) is 12.7 Å². The van der Waals surface area contributed by atoms with Gasteiger partial charge in [-0.2, -0.15) is 0 Å². The molecule has 29 valence electrons. The number of hydrogen-bond donors (Lipinski definition) is 1. The summed E-state index contributed by atoms with van der Waals surface area (Å²) in [5, 5.41) is 0. The summed E-state index contributed by atoms with van der Waals surface area (Å²) in [5.74, 6) is 0. The van der Waals surface area contributed by atoms with Crippen molar-refractivity contribution in [3.8, 4) is 0 Å². The fraction of sp³-hybridized carbons (Fsp3) is 0.667. The summed E-state index contributed by atoms with van der Waals surface area (Å²) in [5.41, 5.74) is 4.98. The molecule has 0 amide bonds. The van der Waals surface area contributed by atoms with Crippen LogP contribution < -0.4 is 5.73 Å². The Kier molecular flexibility index (Phi) is 0.596. The first kappa shape index (κ1) is 3.12. The van der Waals surface area contributed by atoms with E-state index >= 15 is 0 Å². The minimum Gasteiger partial charge on any atom is -0.371 e. The van der Waals surface area contributed by atoms with Gasteiger partial charge in [-0.1, -0.05) is 0 Å². The number of rotatable bonds is 1. The van der Waals surface area contributed by atoms with Gasteiger partial charge >= 0.3 is 0 Å². The lowest BCUT2D eigenvalue weighted by Crippen LogP contribution is -1.95. The van der Waals surface area contributed by atoms with E-state index in [4.69, 9.17) is 5.73 Å². The summed E-state index contributed by atoms with van der Waals surface area (Å²) >= 11 is 0. The molecular formula is C3H6NO. The Morgan fingerprint density at radius 1 is 2.00 bits per heavy atom. The first-order valence-electron chi connectivity index (χ1n) is 1.60. The number of ether oxygens (including phenoxy) is 1. The van der Waals surface area contributed by atoms with E-state index < -0.39 is 0 Å². The molecule has 0 aromatic heterocycles. The third-order valence-corrected chi connectivity index (χ3v) is 0.574.